The van der Waals surface area contributed by atoms with Crippen molar-refractivity contribution in [3.8, 4) is 0 Å². The fourth-order valence-corrected chi connectivity index (χ4v) is 6.87. The molecule has 1 aliphatic carbocycles. The summed E-state index contributed by atoms with van der Waals surface area (Å²) in [6, 6.07) is 13.5. The molecule has 0 saturated carbocycles. The third kappa shape index (κ3) is 5.25. The van der Waals surface area contributed by atoms with E-state index in [1.54, 1.807) is 26.8 Å². The second-order valence-electron chi connectivity index (χ2n) is 10.3. The van der Waals surface area contributed by atoms with Crippen LogP contribution in [-0.4, -0.2) is 35.9 Å². The first kappa shape index (κ1) is 30.6. The van der Waals surface area contributed by atoms with Gasteiger partial charge in [0.2, 0.25) is 0 Å². The molecular formula is C32H30FN3O7S. The molecule has 1 aliphatic heterocycles. The molecule has 0 radical (unpaired) electrons. The summed E-state index contributed by atoms with van der Waals surface area (Å²) in [6.07, 6.45) is 0.100. The summed E-state index contributed by atoms with van der Waals surface area (Å²) in [5, 5.41) is 13.3. The molecule has 228 valence electrons. The van der Waals surface area contributed by atoms with Crippen LogP contribution in [0.4, 0.5) is 15.8 Å². The van der Waals surface area contributed by atoms with E-state index in [0.717, 1.165) is 4.88 Å². The summed E-state index contributed by atoms with van der Waals surface area (Å²) >= 11 is 1.37. The summed E-state index contributed by atoms with van der Waals surface area (Å²) in [7, 11) is 0. The Morgan fingerprint density at radius 2 is 1.84 bits per heavy atom. The number of carbonyl (C=O) groups is 3. The second-order valence-corrected chi connectivity index (χ2v) is 11.3. The van der Waals surface area contributed by atoms with Gasteiger partial charge in [-0.15, -0.1) is 11.3 Å². The van der Waals surface area contributed by atoms with Crippen LogP contribution in [0.2, 0.25) is 0 Å². The lowest BCUT2D eigenvalue weighted by molar-refractivity contribution is -0.384. The Kier molecular flexibility index (Phi) is 8.63. The Bertz CT molecular complexity index is 1720. The van der Waals surface area contributed by atoms with E-state index < -0.39 is 46.2 Å². The van der Waals surface area contributed by atoms with Crippen LogP contribution in [0.25, 0.3) is 0 Å². The van der Waals surface area contributed by atoms with E-state index in [1.165, 1.54) is 52.6 Å². The standard InChI is InChI=1S/C32H30FN3O7S/c1-4-42-31(38)26-20(24-11-8-14-44-24)16-23-27(29(26)37)25(19-9-6-7-10-21(19)33)28(32(39)43-5-2)30(34)35(23)22-13-12-18(36(40)41)15-17(22)3/h6-15,20,25-26H,4-5,16,34H2,1-3H3/t20-,25+,26+/m1/s1. The number of anilines is 1. The van der Waals surface area contributed by atoms with Crippen LogP contribution < -0.4 is 10.6 Å². The number of hydrogen-bond donors (Lipinski definition) is 1. The molecule has 5 rings (SSSR count). The van der Waals surface area contributed by atoms with Gasteiger partial charge in [-0.05, 0) is 56.3 Å². The largest absolute Gasteiger partial charge is 0.465 e. The fourth-order valence-electron chi connectivity index (χ4n) is 6.01. The Hall–Kier alpha value is -4.84. The number of nitrogens with zero attached hydrogens (tertiary/aromatic N) is 2. The normalized spacial score (nSPS) is 20.0. The number of halogens is 1. The molecule has 12 heteroatoms. The van der Waals surface area contributed by atoms with Gasteiger partial charge in [-0.1, -0.05) is 24.3 Å². The Labute approximate surface area is 256 Å². The lowest BCUT2D eigenvalue weighted by atomic mass is 9.68. The topological polar surface area (TPSA) is 142 Å². The maximum atomic E-state index is 15.6. The summed E-state index contributed by atoms with van der Waals surface area (Å²) in [4.78, 5) is 55.0. The van der Waals surface area contributed by atoms with Gasteiger partial charge in [0.25, 0.3) is 5.69 Å². The Morgan fingerprint density at radius 3 is 2.45 bits per heavy atom. The van der Waals surface area contributed by atoms with Crippen LogP contribution >= 0.6 is 11.3 Å². The average molecular weight is 620 g/mol. The number of carbonyl (C=O) groups excluding carboxylic acids is 3. The van der Waals surface area contributed by atoms with Crippen LogP contribution in [0.5, 0.6) is 0 Å². The first-order valence-electron chi connectivity index (χ1n) is 14.0. The average Bonchev–Trinajstić information content (AvgIpc) is 3.52. The van der Waals surface area contributed by atoms with Crippen molar-refractivity contribution < 1.29 is 33.2 Å². The number of aryl methyl sites for hydroxylation is 1. The van der Waals surface area contributed by atoms with E-state index in [9.17, 15) is 24.5 Å². The van der Waals surface area contributed by atoms with Crippen molar-refractivity contribution in [3.63, 3.8) is 0 Å². The molecule has 1 aromatic heterocycles. The van der Waals surface area contributed by atoms with Gasteiger partial charge in [-0.2, -0.15) is 0 Å². The summed E-state index contributed by atoms with van der Waals surface area (Å²) in [5.74, 6) is -6.24. The molecule has 2 N–H and O–H groups in total. The first-order valence-corrected chi connectivity index (χ1v) is 14.9. The first-order chi connectivity index (χ1) is 21.1. The predicted octanol–water partition coefficient (Wildman–Crippen LogP) is 5.63. The number of esters is 2. The van der Waals surface area contributed by atoms with Crippen molar-refractivity contribution in [2.24, 2.45) is 11.7 Å². The minimum absolute atomic E-state index is 0.0102. The molecule has 0 fully saturated rings. The number of hydrogen-bond acceptors (Lipinski definition) is 10. The lowest BCUT2D eigenvalue weighted by Gasteiger charge is -2.44. The van der Waals surface area contributed by atoms with Gasteiger partial charge in [0.1, 0.15) is 17.6 Å². The molecule has 0 saturated heterocycles. The number of ether oxygens (including phenoxy) is 2. The molecule has 3 aromatic rings. The van der Waals surface area contributed by atoms with Crippen LogP contribution in [-0.2, 0) is 23.9 Å². The maximum absolute atomic E-state index is 15.6. The van der Waals surface area contributed by atoms with Crippen molar-refractivity contribution in [2.45, 2.75) is 39.0 Å². The number of allylic oxidation sites excluding steroid dienone is 2. The molecular weight excluding hydrogens is 589 g/mol. The van der Waals surface area contributed by atoms with Gasteiger partial charge in [0.15, 0.2) is 5.78 Å². The van der Waals surface area contributed by atoms with Crippen LogP contribution in [0.15, 0.2) is 82.6 Å². The highest BCUT2D eigenvalue weighted by molar-refractivity contribution is 7.10. The van der Waals surface area contributed by atoms with E-state index in [4.69, 9.17) is 15.2 Å². The third-order valence-electron chi connectivity index (χ3n) is 7.83. The highest BCUT2D eigenvalue weighted by atomic mass is 32.1. The van der Waals surface area contributed by atoms with Crippen molar-refractivity contribution >= 4 is 40.4 Å². The Morgan fingerprint density at radius 1 is 1.11 bits per heavy atom. The number of non-ortho nitro benzene ring substituents is 1. The van der Waals surface area contributed by atoms with Gasteiger partial charge in [0.05, 0.1) is 35.3 Å². The number of rotatable bonds is 8. The highest BCUT2D eigenvalue weighted by Crippen LogP contribution is 2.52. The molecule has 2 heterocycles. The monoisotopic (exact) mass is 619 g/mol. The van der Waals surface area contributed by atoms with Gasteiger partial charge in [-0.3, -0.25) is 24.6 Å². The fraction of sp³-hybridized carbons (Fsp3) is 0.281. The zero-order valence-corrected chi connectivity index (χ0v) is 25.1. The molecule has 44 heavy (non-hydrogen) atoms. The molecule has 0 bridgehead atoms. The number of nitro benzene ring substituents is 1. The van der Waals surface area contributed by atoms with Crippen molar-refractivity contribution in [2.75, 3.05) is 18.1 Å². The van der Waals surface area contributed by atoms with Gasteiger partial charge < -0.3 is 15.2 Å². The number of nitrogens with two attached hydrogens (primary N) is 1. The summed E-state index contributed by atoms with van der Waals surface area (Å²) < 4.78 is 26.3. The smallest absolute Gasteiger partial charge is 0.338 e. The quantitative estimate of drug-likeness (QED) is 0.147. The zero-order chi connectivity index (χ0) is 31.7. The lowest BCUT2D eigenvalue weighted by Crippen LogP contribution is -2.46. The number of benzene rings is 2. The maximum Gasteiger partial charge on any atom is 0.338 e. The number of thiophene rings is 1. The van der Waals surface area contributed by atoms with Gasteiger partial charge in [0, 0.05) is 39.8 Å². The van der Waals surface area contributed by atoms with Crippen molar-refractivity contribution in [1.29, 1.82) is 0 Å². The molecule has 0 spiro atoms. The Balaban J connectivity index is 1.85. The van der Waals surface area contributed by atoms with Crippen molar-refractivity contribution in [1.82, 2.24) is 0 Å². The second kappa shape index (κ2) is 12.4. The summed E-state index contributed by atoms with van der Waals surface area (Å²) in [6.45, 7) is 4.90. The molecule has 0 unspecified atom stereocenters. The third-order valence-corrected chi connectivity index (χ3v) is 8.84. The minimum atomic E-state index is -1.30. The van der Waals surface area contributed by atoms with Gasteiger partial charge in [-0.25, -0.2) is 9.18 Å². The number of Topliss-reactive ketones (excluding diaryl/α,β-unsaturated/α-hetero) is 1. The number of nitro groups is 1. The zero-order valence-electron chi connectivity index (χ0n) is 24.2. The highest BCUT2D eigenvalue weighted by Gasteiger charge is 2.52. The van der Waals surface area contributed by atoms with E-state index >= 15 is 4.39 Å². The van der Waals surface area contributed by atoms with Crippen LogP contribution in [0, 0.1) is 28.8 Å². The summed E-state index contributed by atoms with van der Waals surface area (Å²) in [5.41, 5.74) is 7.65. The van der Waals surface area contributed by atoms with E-state index in [-0.39, 0.29) is 47.9 Å². The molecule has 0 amide bonds. The van der Waals surface area contributed by atoms with Crippen LogP contribution in [0.3, 0.4) is 0 Å². The van der Waals surface area contributed by atoms with Crippen molar-refractivity contribution in [3.05, 3.63) is 115 Å². The van der Waals surface area contributed by atoms with E-state index in [2.05, 4.69) is 0 Å². The number of ketones is 1. The minimum Gasteiger partial charge on any atom is -0.465 e. The SMILES string of the molecule is CCOC(=O)C1=C(N)N(c2ccc([N+](=O)[O-])cc2C)C2=C(C(=O)[C@@H](C(=O)OCC)[C@@H](c3cccs3)C2)[C@@H]1c1ccccc1F. The predicted molar refractivity (Wildman–Crippen MR) is 161 cm³/mol. The van der Waals surface area contributed by atoms with E-state index in [1.807, 2.05) is 17.5 Å². The van der Waals surface area contributed by atoms with E-state index in [0.29, 0.717) is 16.9 Å². The van der Waals surface area contributed by atoms with Gasteiger partial charge >= 0.3 is 11.9 Å². The molecule has 10 nitrogen and oxygen atoms in total. The molecule has 3 atom stereocenters. The van der Waals surface area contributed by atoms with Crippen LogP contribution in [0.1, 0.15) is 48.1 Å². The molecule has 2 aliphatic rings. The molecule has 2 aromatic carbocycles.